The SMILES string of the molecule is Cc1cccc(N(CC(=O)N[C@@H](C)c2ccc3c(c2)OCCO3)S(=O)(=O)c2ccccc2)c1C. The van der Waals surface area contributed by atoms with E-state index in [9.17, 15) is 13.2 Å². The van der Waals surface area contributed by atoms with Crippen LogP contribution in [-0.2, 0) is 14.8 Å². The highest BCUT2D eigenvalue weighted by Gasteiger charge is 2.29. The van der Waals surface area contributed by atoms with E-state index in [4.69, 9.17) is 9.47 Å². The average Bonchev–Trinajstić information content (AvgIpc) is 2.84. The fraction of sp³-hybridized carbons (Fsp3) is 0.269. The Labute approximate surface area is 200 Å². The predicted octanol–water partition coefficient (Wildman–Crippen LogP) is 4.15. The number of carbonyl (C=O) groups is 1. The summed E-state index contributed by atoms with van der Waals surface area (Å²) in [5.74, 6) is 0.889. The van der Waals surface area contributed by atoms with Crippen molar-refractivity contribution in [2.24, 2.45) is 0 Å². The average molecular weight is 481 g/mol. The molecular weight excluding hydrogens is 452 g/mol. The van der Waals surface area contributed by atoms with Crippen LogP contribution in [0.25, 0.3) is 0 Å². The number of nitrogens with one attached hydrogen (secondary N) is 1. The Kier molecular flexibility index (Phi) is 6.79. The van der Waals surface area contributed by atoms with E-state index in [-0.39, 0.29) is 17.5 Å². The van der Waals surface area contributed by atoms with Gasteiger partial charge in [0.25, 0.3) is 10.0 Å². The molecule has 0 spiro atoms. The molecule has 0 bridgehead atoms. The number of benzene rings is 3. The van der Waals surface area contributed by atoms with Crippen LogP contribution < -0.4 is 19.1 Å². The molecule has 34 heavy (non-hydrogen) atoms. The zero-order chi connectivity index (χ0) is 24.3. The van der Waals surface area contributed by atoms with Crippen molar-refractivity contribution >= 4 is 21.6 Å². The van der Waals surface area contributed by atoms with Gasteiger partial charge < -0.3 is 14.8 Å². The van der Waals surface area contributed by atoms with Crippen molar-refractivity contribution < 1.29 is 22.7 Å². The van der Waals surface area contributed by atoms with Crippen LogP contribution in [0.4, 0.5) is 5.69 Å². The number of ether oxygens (including phenoxy) is 2. The van der Waals surface area contributed by atoms with Gasteiger partial charge in [0.05, 0.1) is 16.6 Å². The lowest BCUT2D eigenvalue weighted by Gasteiger charge is -2.27. The Balaban J connectivity index is 1.60. The maximum Gasteiger partial charge on any atom is 0.264 e. The lowest BCUT2D eigenvalue weighted by atomic mass is 10.1. The molecular formula is C26H28N2O5S. The number of hydrogen-bond acceptors (Lipinski definition) is 5. The number of hydrogen-bond donors (Lipinski definition) is 1. The summed E-state index contributed by atoms with van der Waals surface area (Å²) in [5.41, 5.74) is 3.05. The summed E-state index contributed by atoms with van der Waals surface area (Å²) in [5, 5.41) is 2.92. The van der Waals surface area contributed by atoms with Crippen molar-refractivity contribution in [2.45, 2.75) is 31.7 Å². The summed E-state index contributed by atoms with van der Waals surface area (Å²) in [6.45, 7) is 6.24. The zero-order valence-electron chi connectivity index (χ0n) is 19.4. The van der Waals surface area contributed by atoms with Crippen LogP contribution in [0.3, 0.4) is 0 Å². The molecule has 0 saturated carbocycles. The minimum Gasteiger partial charge on any atom is -0.486 e. The van der Waals surface area contributed by atoms with E-state index in [1.54, 1.807) is 30.3 Å². The Morgan fingerprint density at radius 3 is 2.41 bits per heavy atom. The number of anilines is 1. The fourth-order valence-electron chi connectivity index (χ4n) is 3.86. The molecule has 0 saturated heterocycles. The second-order valence-corrected chi connectivity index (χ2v) is 10.1. The van der Waals surface area contributed by atoms with Gasteiger partial charge in [-0.1, -0.05) is 36.4 Å². The first kappa shape index (κ1) is 23.6. The number of carbonyl (C=O) groups excluding carboxylic acids is 1. The lowest BCUT2D eigenvalue weighted by Crippen LogP contribution is -2.42. The monoisotopic (exact) mass is 480 g/mol. The molecule has 8 heteroatoms. The topological polar surface area (TPSA) is 84.9 Å². The minimum atomic E-state index is -3.96. The van der Waals surface area contributed by atoms with Crippen molar-refractivity contribution in [3.8, 4) is 11.5 Å². The lowest BCUT2D eigenvalue weighted by molar-refractivity contribution is -0.120. The molecule has 1 N–H and O–H groups in total. The molecule has 1 aliphatic heterocycles. The second kappa shape index (κ2) is 9.77. The zero-order valence-corrected chi connectivity index (χ0v) is 20.3. The second-order valence-electron chi connectivity index (χ2n) is 8.24. The van der Waals surface area contributed by atoms with Gasteiger partial charge in [0, 0.05) is 0 Å². The normalized spacial score (nSPS) is 13.7. The largest absolute Gasteiger partial charge is 0.486 e. The molecule has 178 valence electrons. The van der Waals surface area contributed by atoms with Crippen LogP contribution in [0.2, 0.25) is 0 Å². The Morgan fingerprint density at radius 1 is 0.971 bits per heavy atom. The first-order chi connectivity index (χ1) is 16.3. The van der Waals surface area contributed by atoms with Gasteiger partial charge in [-0.25, -0.2) is 8.42 Å². The summed E-state index contributed by atoms with van der Waals surface area (Å²) in [7, 11) is -3.96. The number of fused-ring (bicyclic) bond motifs is 1. The van der Waals surface area contributed by atoms with Crippen LogP contribution in [-0.4, -0.2) is 34.1 Å². The van der Waals surface area contributed by atoms with E-state index in [1.807, 2.05) is 45.0 Å². The van der Waals surface area contributed by atoms with E-state index in [1.165, 1.54) is 16.4 Å². The van der Waals surface area contributed by atoms with E-state index < -0.39 is 15.9 Å². The number of nitrogens with zero attached hydrogens (tertiary/aromatic N) is 1. The summed E-state index contributed by atoms with van der Waals surface area (Å²) < 4.78 is 39.5. The third kappa shape index (κ3) is 4.87. The number of amides is 1. The maximum atomic E-state index is 13.6. The van der Waals surface area contributed by atoms with E-state index >= 15 is 0 Å². The molecule has 3 aromatic carbocycles. The number of aryl methyl sites for hydroxylation is 1. The molecule has 0 fully saturated rings. The summed E-state index contributed by atoms with van der Waals surface area (Å²) in [4.78, 5) is 13.2. The number of rotatable bonds is 7. The molecule has 0 aliphatic carbocycles. The maximum absolute atomic E-state index is 13.6. The Morgan fingerprint density at radius 2 is 1.68 bits per heavy atom. The minimum absolute atomic E-state index is 0.128. The first-order valence-corrected chi connectivity index (χ1v) is 12.5. The van der Waals surface area contributed by atoms with Crippen molar-refractivity contribution in [2.75, 3.05) is 24.1 Å². The molecule has 1 aliphatic rings. The molecule has 1 heterocycles. The van der Waals surface area contributed by atoms with Crippen LogP contribution in [0, 0.1) is 13.8 Å². The molecule has 4 rings (SSSR count). The van der Waals surface area contributed by atoms with Crippen molar-refractivity contribution in [3.63, 3.8) is 0 Å². The quantitative estimate of drug-likeness (QED) is 0.549. The summed E-state index contributed by atoms with van der Waals surface area (Å²) >= 11 is 0. The molecule has 3 aromatic rings. The van der Waals surface area contributed by atoms with E-state index in [0.717, 1.165) is 16.7 Å². The summed E-state index contributed by atoms with van der Waals surface area (Å²) in [6, 6.07) is 18.7. The Bertz CT molecular complexity index is 1290. The van der Waals surface area contributed by atoms with Gasteiger partial charge in [0.1, 0.15) is 19.8 Å². The molecule has 0 aromatic heterocycles. The smallest absolute Gasteiger partial charge is 0.264 e. The van der Waals surface area contributed by atoms with Crippen LogP contribution in [0.15, 0.2) is 71.6 Å². The van der Waals surface area contributed by atoms with Crippen LogP contribution >= 0.6 is 0 Å². The Hall–Kier alpha value is -3.52. The van der Waals surface area contributed by atoms with Gasteiger partial charge in [-0.05, 0) is 67.8 Å². The van der Waals surface area contributed by atoms with Gasteiger partial charge >= 0.3 is 0 Å². The van der Waals surface area contributed by atoms with Gasteiger partial charge in [0.2, 0.25) is 5.91 Å². The fourth-order valence-corrected chi connectivity index (χ4v) is 5.35. The van der Waals surface area contributed by atoms with E-state index in [0.29, 0.717) is 30.4 Å². The molecule has 1 amide bonds. The first-order valence-electron chi connectivity index (χ1n) is 11.1. The third-order valence-corrected chi connectivity index (χ3v) is 7.68. The molecule has 1 atom stereocenters. The van der Waals surface area contributed by atoms with Crippen molar-refractivity contribution in [1.29, 1.82) is 0 Å². The van der Waals surface area contributed by atoms with Gasteiger partial charge in [-0.2, -0.15) is 0 Å². The van der Waals surface area contributed by atoms with E-state index in [2.05, 4.69) is 5.32 Å². The molecule has 0 unspecified atom stereocenters. The van der Waals surface area contributed by atoms with Crippen molar-refractivity contribution in [1.82, 2.24) is 5.32 Å². The highest BCUT2D eigenvalue weighted by molar-refractivity contribution is 7.92. The van der Waals surface area contributed by atoms with Crippen LogP contribution in [0.5, 0.6) is 11.5 Å². The predicted molar refractivity (Wildman–Crippen MR) is 131 cm³/mol. The molecule has 0 radical (unpaired) electrons. The van der Waals surface area contributed by atoms with Gasteiger partial charge in [-0.3, -0.25) is 9.10 Å². The standard InChI is InChI=1S/C26H28N2O5S/c1-18-8-7-11-23(19(18)2)28(34(30,31)22-9-5-4-6-10-22)17-26(29)27-20(3)21-12-13-24-25(16-21)33-15-14-32-24/h4-13,16,20H,14-15,17H2,1-3H3,(H,27,29)/t20-/m0/s1. The van der Waals surface area contributed by atoms with Gasteiger partial charge in [0.15, 0.2) is 11.5 Å². The third-order valence-electron chi connectivity index (χ3n) is 5.91. The highest BCUT2D eigenvalue weighted by Crippen LogP contribution is 2.33. The summed E-state index contributed by atoms with van der Waals surface area (Å²) in [6.07, 6.45) is 0. The number of sulfonamides is 1. The highest BCUT2D eigenvalue weighted by atomic mass is 32.2. The van der Waals surface area contributed by atoms with Crippen LogP contribution in [0.1, 0.15) is 29.7 Å². The molecule has 7 nitrogen and oxygen atoms in total. The van der Waals surface area contributed by atoms with Gasteiger partial charge in [-0.15, -0.1) is 0 Å². The van der Waals surface area contributed by atoms with Crippen molar-refractivity contribution in [3.05, 3.63) is 83.4 Å².